The van der Waals surface area contributed by atoms with Gasteiger partial charge in [-0.15, -0.1) is 0 Å². The SMILES string of the molecule is Cc1ccc(C(F)C=O)cc1. The maximum absolute atomic E-state index is 12.6. The molecule has 2 heteroatoms. The number of aldehydes is 1. The van der Waals surface area contributed by atoms with Gasteiger partial charge in [0, 0.05) is 0 Å². The zero-order chi connectivity index (χ0) is 8.27. The third-order valence-electron chi connectivity index (χ3n) is 1.52. The van der Waals surface area contributed by atoms with Gasteiger partial charge in [-0.05, 0) is 12.5 Å². The second-order valence-corrected chi connectivity index (χ2v) is 2.45. The standard InChI is InChI=1S/C9H9FO/c1-7-2-4-8(5-3-7)9(10)6-11/h2-6,9H,1H3. The van der Waals surface area contributed by atoms with Crippen molar-refractivity contribution in [1.29, 1.82) is 0 Å². The smallest absolute Gasteiger partial charge is 0.180 e. The van der Waals surface area contributed by atoms with Crippen LogP contribution in [0.15, 0.2) is 24.3 Å². The quantitative estimate of drug-likeness (QED) is 0.594. The van der Waals surface area contributed by atoms with Crippen molar-refractivity contribution >= 4 is 6.29 Å². The average Bonchev–Trinajstić information content (AvgIpc) is 2.05. The first-order chi connectivity index (χ1) is 5.24. The van der Waals surface area contributed by atoms with Gasteiger partial charge >= 0.3 is 0 Å². The molecule has 0 saturated heterocycles. The molecule has 0 aliphatic carbocycles. The third-order valence-corrected chi connectivity index (χ3v) is 1.52. The van der Waals surface area contributed by atoms with E-state index in [2.05, 4.69) is 0 Å². The highest BCUT2D eigenvalue weighted by Crippen LogP contribution is 2.14. The number of alkyl halides is 1. The molecule has 1 aromatic carbocycles. The Labute approximate surface area is 64.9 Å². The van der Waals surface area contributed by atoms with E-state index in [0.29, 0.717) is 11.8 Å². The Bertz CT molecular complexity index is 240. The number of carbonyl (C=O) groups excluding carboxylic acids is 1. The van der Waals surface area contributed by atoms with Crippen LogP contribution in [-0.4, -0.2) is 6.29 Å². The zero-order valence-corrected chi connectivity index (χ0v) is 6.25. The summed E-state index contributed by atoms with van der Waals surface area (Å²) < 4.78 is 12.6. The lowest BCUT2D eigenvalue weighted by Crippen LogP contribution is -1.91. The van der Waals surface area contributed by atoms with Gasteiger partial charge in [-0.3, -0.25) is 4.79 Å². The van der Waals surface area contributed by atoms with Crippen molar-refractivity contribution in [2.24, 2.45) is 0 Å². The topological polar surface area (TPSA) is 17.1 Å². The number of rotatable bonds is 2. The van der Waals surface area contributed by atoms with Crippen LogP contribution in [0.4, 0.5) is 4.39 Å². The molecule has 58 valence electrons. The van der Waals surface area contributed by atoms with Crippen LogP contribution in [0.1, 0.15) is 17.3 Å². The van der Waals surface area contributed by atoms with Gasteiger partial charge in [0.1, 0.15) is 0 Å². The molecule has 0 N–H and O–H groups in total. The van der Waals surface area contributed by atoms with E-state index in [1.165, 1.54) is 0 Å². The Morgan fingerprint density at radius 2 is 1.91 bits per heavy atom. The Morgan fingerprint density at radius 3 is 2.36 bits per heavy atom. The normalized spacial score (nSPS) is 12.5. The van der Waals surface area contributed by atoms with Gasteiger partial charge in [-0.1, -0.05) is 29.8 Å². The molecule has 0 amide bonds. The highest BCUT2D eigenvalue weighted by Gasteiger charge is 2.05. The fourth-order valence-corrected chi connectivity index (χ4v) is 0.829. The first-order valence-corrected chi connectivity index (χ1v) is 3.40. The van der Waals surface area contributed by atoms with E-state index < -0.39 is 6.17 Å². The molecule has 0 heterocycles. The summed E-state index contributed by atoms with van der Waals surface area (Å²) in [4.78, 5) is 10.0. The maximum Gasteiger partial charge on any atom is 0.180 e. The van der Waals surface area contributed by atoms with E-state index in [0.717, 1.165) is 5.56 Å². The first-order valence-electron chi connectivity index (χ1n) is 3.40. The maximum atomic E-state index is 12.6. The molecule has 11 heavy (non-hydrogen) atoms. The minimum Gasteiger partial charge on any atom is -0.300 e. The first kappa shape index (κ1) is 7.92. The lowest BCUT2D eigenvalue weighted by Gasteiger charge is -1.99. The summed E-state index contributed by atoms with van der Waals surface area (Å²) >= 11 is 0. The molecule has 0 fully saturated rings. The molecular weight excluding hydrogens is 143 g/mol. The van der Waals surface area contributed by atoms with Crippen molar-refractivity contribution in [3.63, 3.8) is 0 Å². The van der Waals surface area contributed by atoms with Gasteiger partial charge in [0.05, 0.1) is 0 Å². The van der Waals surface area contributed by atoms with E-state index in [1.54, 1.807) is 24.3 Å². The van der Waals surface area contributed by atoms with Crippen molar-refractivity contribution in [3.05, 3.63) is 35.4 Å². The van der Waals surface area contributed by atoms with Crippen LogP contribution in [0.5, 0.6) is 0 Å². The van der Waals surface area contributed by atoms with Crippen LogP contribution in [0.25, 0.3) is 0 Å². The second kappa shape index (κ2) is 3.28. The van der Waals surface area contributed by atoms with Crippen LogP contribution >= 0.6 is 0 Å². The average molecular weight is 152 g/mol. The second-order valence-electron chi connectivity index (χ2n) is 2.45. The minimum atomic E-state index is -1.48. The van der Waals surface area contributed by atoms with E-state index in [9.17, 15) is 9.18 Å². The molecule has 0 saturated carbocycles. The summed E-state index contributed by atoms with van der Waals surface area (Å²) in [6.45, 7) is 1.91. The molecule has 1 unspecified atom stereocenters. The van der Waals surface area contributed by atoms with Crippen LogP contribution in [-0.2, 0) is 4.79 Å². The van der Waals surface area contributed by atoms with Crippen LogP contribution in [0.2, 0.25) is 0 Å². The molecule has 0 spiro atoms. The van der Waals surface area contributed by atoms with E-state index in [4.69, 9.17) is 0 Å². The zero-order valence-electron chi connectivity index (χ0n) is 6.25. The number of hydrogen-bond donors (Lipinski definition) is 0. The summed E-state index contributed by atoms with van der Waals surface area (Å²) in [5.74, 6) is 0. The van der Waals surface area contributed by atoms with E-state index in [1.807, 2.05) is 6.92 Å². The summed E-state index contributed by atoms with van der Waals surface area (Å²) in [6.07, 6.45) is -1.18. The van der Waals surface area contributed by atoms with Crippen molar-refractivity contribution in [1.82, 2.24) is 0 Å². The predicted octanol–water partition coefficient (Wildman–Crippen LogP) is 2.20. The number of aryl methyl sites for hydroxylation is 1. The monoisotopic (exact) mass is 152 g/mol. The summed E-state index contributed by atoms with van der Waals surface area (Å²) in [6, 6.07) is 6.81. The van der Waals surface area contributed by atoms with E-state index in [-0.39, 0.29) is 0 Å². The minimum absolute atomic E-state index is 0.296. The number of carbonyl (C=O) groups is 1. The number of halogens is 1. The molecule has 0 bridgehead atoms. The molecule has 1 rings (SSSR count). The molecule has 0 aliphatic heterocycles. The van der Waals surface area contributed by atoms with Crippen molar-refractivity contribution in [3.8, 4) is 0 Å². The van der Waals surface area contributed by atoms with Gasteiger partial charge in [0.25, 0.3) is 0 Å². The van der Waals surface area contributed by atoms with Gasteiger partial charge in [-0.25, -0.2) is 4.39 Å². The number of hydrogen-bond acceptors (Lipinski definition) is 1. The Hall–Kier alpha value is -1.18. The Kier molecular flexibility index (Phi) is 2.36. The molecule has 0 radical (unpaired) electrons. The lowest BCUT2D eigenvalue weighted by molar-refractivity contribution is -0.112. The molecule has 0 aliphatic rings. The lowest BCUT2D eigenvalue weighted by atomic mass is 10.1. The molecule has 1 nitrogen and oxygen atoms in total. The molecule has 1 aromatic rings. The van der Waals surface area contributed by atoms with Gasteiger partial charge in [-0.2, -0.15) is 0 Å². The van der Waals surface area contributed by atoms with Crippen LogP contribution in [0, 0.1) is 6.92 Å². The van der Waals surface area contributed by atoms with Gasteiger partial charge in [0.15, 0.2) is 12.5 Å². The summed E-state index contributed by atoms with van der Waals surface area (Å²) in [5.41, 5.74) is 1.48. The molecule has 0 aromatic heterocycles. The van der Waals surface area contributed by atoms with Crippen molar-refractivity contribution in [2.75, 3.05) is 0 Å². The third kappa shape index (κ3) is 1.87. The van der Waals surface area contributed by atoms with Gasteiger partial charge in [0.2, 0.25) is 0 Å². The van der Waals surface area contributed by atoms with E-state index >= 15 is 0 Å². The van der Waals surface area contributed by atoms with Crippen LogP contribution in [0.3, 0.4) is 0 Å². The summed E-state index contributed by atoms with van der Waals surface area (Å²) in [7, 11) is 0. The Balaban J connectivity index is 2.89. The van der Waals surface area contributed by atoms with Crippen molar-refractivity contribution in [2.45, 2.75) is 13.1 Å². The summed E-state index contributed by atoms with van der Waals surface area (Å²) in [5, 5.41) is 0. The molecular formula is C9H9FO. The highest BCUT2D eigenvalue weighted by molar-refractivity contribution is 5.59. The predicted molar refractivity (Wildman–Crippen MR) is 41.1 cm³/mol. The largest absolute Gasteiger partial charge is 0.300 e. The van der Waals surface area contributed by atoms with Gasteiger partial charge < -0.3 is 0 Å². The fourth-order valence-electron chi connectivity index (χ4n) is 0.829. The van der Waals surface area contributed by atoms with Crippen LogP contribution < -0.4 is 0 Å². The number of benzene rings is 1. The van der Waals surface area contributed by atoms with Crippen molar-refractivity contribution < 1.29 is 9.18 Å². The fraction of sp³-hybridized carbons (Fsp3) is 0.222. The molecule has 1 atom stereocenters. The highest BCUT2D eigenvalue weighted by atomic mass is 19.1. The Morgan fingerprint density at radius 1 is 1.36 bits per heavy atom.